The Morgan fingerprint density at radius 2 is 2.09 bits per heavy atom. The SMILES string of the molecule is Cc1nn(CCC#N)c(C)c1CCC(=O)N1CCN(Cc2nc(-c3cccs3)no2)CC1. The fourth-order valence-corrected chi connectivity index (χ4v) is 4.68. The van der Waals surface area contributed by atoms with Crippen LogP contribution in [-0.2, 0) is 24.3 Å². The zero-order valence-corrected chi connectivity index (χ0v) is 19.3. The Bertz CT molecular complexity index is 1090. The van der Waals surface area contributed by atoms with Gasteiger partial charge in [0.15, 0.2) is 0 Å². The lowest BCUT2D eigenvalue weighted by Gasteiger charge is -2.34. The third-order valence-electron chi connectivity index (χ3n) is 5.85. The molecule has 0 saturated carbocycles. The summed E-state index contributed by atoms with van der Waals surface area (Å²) in [6.07, 6.45) is 1.58. The molecule has 1 aliphatic rings. The molecule has 168 valence electrons. The van der Waals surface area contributed by atoms with Gasteiger partial charge in [0.2, 0.25) is 17.6 Å². The summed E-state index contributed by atoms with van der Waals surface area (Å²) in [6, 6.07) is 6.10. The summed E-state index contributed by atoms with van der Waals surface area (Å²) >= 11 is 1.59. The monoisotopic (exact) mass is 453 g/mol. The predicted octanol–water partition coefficient (Wildman–Crippen LogP) is 2.80. The topological polar surface area (TPSA) is 104 Å². The molecule has 4 heterocycles. The van der Waals surface area contributed by atoms with Crippen molar-refractivity contribution in [1.82, 2.24) is 29.7 Å². The summed E-state index contributed by atoms with van der Waals surface area (Å²) < 4.78 is 7.27. The smallest absolute Gasteiger partial charge is 0.241 e. The molecule has 0 N–H and O–H groups in total. The van der Waals surface area contributed by atoms with Gasteiger partial charge in [0.25, 0.3) is 0 Å². The van der Waals surface area contributed by atoms with E-state index in [9.17, 15) is 4.79 Å². The van der Waals surface area contributed by atoms with E-state index in [0.717, 1.165) is 34.9 Å². The minimum Gasteiger partial charge on any atom is -0.340 e. The average molecular weight is 454 g/mol. The molecule has 1 fully saturated rings. The van der Waals surface area contributed by atoms with Crippen LogP contribution in [0.25, 0.3) is 10.7 Å². The van der Waals surface area contributed by atoms with Crippen molar-refractivity contribution in [3.63, 3.8) is 0 Å². The van der Waals surface area contributed by atoms with E-state index in [1.54, 1.807) is 11.3 Å². The third kappa shape index (κ3) is 5.06. The fourth-order valence-electron chi connectivity index (χ4n) is 4.03. The molecule has 32 heavy (non-hydrogen) atoms. The van der Waals surface area contributed by atoms with Crippen molar-refractivity contribution in [2.24, 2.45) is 0 Å². The van der Waals surface area contributed by atoms with Gasteiger partial charge in [0.05, 0.1) is 36.2 Å². The maximum absolute atomic E-state index is 12.8. The molecule has 0 atom stereocenters. The van der Waals surface area contributed by atoms with Gasteiger partial charge in [-0.25, -0.2) is 0 Å². The van der Waals surface area contributed by atoms with Crippen LogP contribution in [0.4, 0.5) is 0 Å². The number of rotatable bonds is 8. The van der Waals surface area contributed by atoms with Crippen LogP contribution in [0.1, 0.15) is 35.7 Å². The van der Waals surface area contributed by atoms with E-state index in [1.807, 2.05) is 40.9 Å². The Kier molecular flexibility index (Phi) is 6.97. The van der Waals surface area contributed by atoms with E-state index in [-0.39, 0.29) is 5.91 Å². The lowest BCUT2D eigenvalue weighted by atomic mass is 10.1. The number of amides is 1. The zero-order valence-electron chi connectivity index (χ0n) is 18.5. The molecule has 0 bridgehead atoms. The Morgan fingerprint density at radius 1 is 1.28 bits per heavy atom. The van der Waals surface area contributed by atoms with Crippen LogP contribution < -0.4 is 0 Å². The minimum absolute atomic E-state index is 0.172. The molecule has 0 aromatic carbocycles. The molecule has 1 aliphatic heterocycles. The average Bonchev–Trinajstić information content (AvgIpc) is 3.53. The van der Waals surface area contributed by atoms with E-state index < -0.39 is 0 Å². The zero-order chi connectivity index (χ0) is 22.5. The summed E-state index contributed by atoms with van der Waals surface area (Å²) in [5.74, 6) is 1.41. The molecule has 0 unspecified atom stereocenters. The second kappa shape index (κ2) is 10.1. The number of carbonyl (C=O) groups is 1. The molecule has 9 nitrogen and oxygen atoms in total. The number of hydrogen-bond acceptors (Lipinski definition) is 8. The van der Waals surface area contributed by atoms with E-state index in [4.69, 9.17) is 9.78 Å². The van der Waals surface area contributed by atoms with Crippen LogP contribution >= 0.6 is 11.3 Å². The number of nitriles is 1. The summed E-state index contributed by atoms with van der Waals surface area (Å²) in [6.45, 7) is 8.13. The van der Waals surface area contributed by atoms with Gasteiger partial charge < -0.3 is 9.42 Å². The lowest BCUT2D eigenvalue weighted by molar-refractivity contribution is -0.133. The first kappa shape index (κ1) is 22.2. The molecule has 0 aliphatic carbocycles. The highest BCUT2D eigenvalue weighted by atomic mass is 32.1. The predicted molar refractivity (Wildman–Crippen MR) is 120 cm³/mol. The first-order valence-corrected chi connectivity index (χ1v) is 11.7. The molecule has 0 radical (unpaired) electrons. The normalized spacial score (nSPS) is 14.6. The molecule has 0 spiro atoms. The Balaban J connectivity index is 1.24. The van der Waals surface area contributed by atoms with Gasteiger partial charge in [0.1, 0.15) is 0 Å². The summed E-state index contributed by atoms with van der Waals surface area (Å²) in [5, 5.41) is 19.4. The number of hydrogen-bond donors (Lipinski definition) is 0. The molecular formula is C22H27N7O2S. The van der Waals surface area contributed by atoms with Crippen molar-refractivity contribution >= 4 is 17.2 Å². The van der Waals surface area contributed by atoms with Crippen LogP contribution in [0.5, 0.6) is 0 Å². The van der Waals surface area contributed by atoms with E-state index >= 15 is 0 Å². The first-order chi connectivity index (χ1) is 15.5. The van der Waals surface area contributed by atoms with Crippen molar-refractivity contribution in [3.8, 4) is 16.8 Å². The highest BCUT2D eigenvalue weighted by Crippen LogP contribution is 2.22. The number of aryl methyl sites for hydroxylation is 2. The summed E-state index contributed by atoms with van der Waals surface area (Å²) in [4.78, 5) is 22.4. The standard InChI is InChI=1S/C22H27N7O2S/c1-16-18(17(2)29(25-16)9-4-8-23)6-7-21(30)28-12-10-27(11-13-28)15-20-24-22(26-31-20)19-5-3-14-32-19/h3,5,14H,4,6-7,9-13,15H2,1-2H3. The Hall–Kier alpha value is -3.03. The van der Waals surface area contributed by atoms with Crippen molar-refractivity contribution < 1.29 is 9.32 Å². The lowest BCUT2D eigenvalue weighted by Crippen LogP contribution is -2.48. The molecule has 3 aromatic rings. The van der Waals surface area contributed by atoms with Crippen molar-refractivity contribution in [2.75, 3.05) is 26.2 Å². The quantitative estimate of drug-likeness (QED) is 0.516. The van der Waals surface area contributed by atoms with Gasteiger partial charge in [-0.3, -0.25) is 14.4 Å². The largest absolute Gasteiger partial charge is 0.340 e. The van der Waals surface area contributed by atoms with Gasteiger partial charge >= 0.3 is 0 Å². The van der Waals surface area contributed by atoms with Crippen LogP contribution in [-0.4, -0.2) is 61.8 Å². The molecule has 3 aromatic heterocycles. The molecule has 4 rings (SSSR count). The Morgan fingerprint density at radius 3 is 2.81 bits per heavy atom. The number of aromatic nitrogens is 4. The number of carbonyl (C=O) groups excluding carboxylic acids is 1. The van der Waals surface area contributed by atoms with Crippen LogP contribution in [0, 0.1) is 25.2 Å². The maximum atomic E-state index is 12.8. The van der Waals surface area contributed by atoms with Gasteiger partial charge in [-0.15, -0.1) is 11.3 Å². The van der Waals surface area contributed by atoms with Crippen molar-refractivity contribution in [2.45, 2.75) is 46.2 Å². The van der Waals surface area contributed by atoms with Crippen LogP contribution in [0.15, 0.2) is 22.0 Å². The van der Waals surface area contributed by atoms with E-state index in [0.29, 0.717) is 57.2 Å². The molecule has 1 saturated heterocycles. The number of thiophene rings is 1. The van der Waals surface area contributed by atoms with E-state index in [1.165, 1.54) is 0 Å². The maximum Gasteiger partial charge on any atom is 0.241 e. The highest BCUT2D eigenvalue weighted by molar-refractivity contribution is 7.13. The van der Waals surface area contributed by atoms with Crippen LogP contribution in [0.3, 0.4) is 0 Å². The van der Waals surface area contributed by atoms with Crippen LogP contribution in [0.2, 0.25) is 0 Å². The highest BCUT2D eigenvalue weighted by Gasteiger charge is 2.23. The number of piperazine rings is 1. The van der Waals surface area contributed by atoms with Crippen molar-refractivity contribution in [3.05, 3.63) is 40.4 Å². The van der Waals surface area contributed by atoms with E-state index in [2.05, 4.69) is 26.2 Å². The summed E-state index contributed by atoms with van der Waals surface area (Å²) in [7, 11) is 0. The molecule has 10 heteroatoms. The molecular weight excluding hydrogens is 426 g/mol. The molecule has 1 amide bonds. The third-order valence-corrected chi connectivity index (χ3v) is 6.71. The summed E-state index contributed by atoms with van der Waals surface area (Å²) in [5.41, 5.74) is 3.12. The van der Waals surface area contributed by atoms with Crippen molar-refractivity contribution in [1.29, 1.82) is 5.26 Å². The Labute approximate surface area is 191 Å². The second-order valence-electron chi connectivity index (χ2n) is 7.93. The van der Waals surface area contributed by atoms with Gasteiger partial charge in [-0.1, -0.05) is 11.2 Å². The van der Waals surface area contributed by atoms with Gasteiger partial charge in [-0.2, -0.15) is 15.3 Å². The van der Waals surface area contributed by atoms with Gasteiger partial charge in [0, 0.05) is 38.3 Å². The number of nitrogens with zero attached hydrogens (tertiary/aromatic N) is 7. The minimum atomic E-state index is 0.172. The van der Waals surface area contributed by atoms with Gasteiger partial charge in [-0.05, 0) is 37.3 Å². The second-order valence-corrected chi connectivity index (χ2v) is 8.87. The fraction of sp³-hybridized carbons (Fsp3) is 0.500. The first-order valence-electron chi connectivity index (χ1n) is 10.8.